The van der Waals surface area contributed by atoms with Gasteiger partial charge in [0.05, 0.1) is 6.10 Å². The number of aryl methyl sites for hydroxylation is 2. The van der Waals surface area contributed by atoms with E-state index in [-0.39, 0.29) is 35.5 Å². The molecular formula is C34H43FO3. The summed E-state index contributed by atoms with van der Waals surface area (Å²) in [5.41, 5.74) is 6.41. The first-order valence-electron chi connectivity index (χ1n) is 13.6. The van der Waals surface area contributed by atoms with Crippen molar-refractivity contribution in [2.75, 3.05) is 6.61 Å². The molecule has 0 amide bonds. The topological polar surface area (TPSA) is 46.5 Å². The zero-order chi connectivity index (χ0) is 28.3. The maximum Gasteiger partial charge on any atom is 0.134 e. The van der Waals surface area contributed by atoms with Crippen molar-refractivity contribution < 1.29 is 19.0 Å². The van der Waals surface area contributed by atoms with Gasteiger partial charge in [-0.25, -0.2) is 4.39 Å². The lowest BCUT2D eigenvalue weighted by atomic mass is 9.69. The third-order valence-electron chi connectivity index (χ3n) is 7.91. The minimum absolute atomic E-state index is 0.0509. The molecule has 0 spiro atoms. The highest BCUT2D eigenvalue weighted by atomic mass is 19.1. The van der Waals surface area contributed by atoms with Gasteiger partial charge < -0.3 is 9.84 Å². The SMILES string of the molecule is CCC(CC)(c1ccc(OCC(O)C(C)(C)C)c(C)c1)c1ccc(-c2ccc(CC(C)=O)c(F)c2)c(C)c1. The predicted octanol–water partition coefficient (Wildman–Crippen LogP) is 8.13. The van der Waals surface area contributed by atoms with Crippen LogP contribution in [0.1, 0.15) is 82.2 Å². The van der Waals surface area contributed by atoms with Gasteiger partial charge in [0.25, 0.3) is 0 Å². The minimum atomic E-state index is -0.549. The molecule has 3 aromatic rings. The smallest absolute Gasteiger partial charge is 0.134 e. The summed E-state index contributed by atoms with van der Waals surface area (Å²) in [7, 11) is 0. The van der Waals surface area contributed by atoms with Gasteiger partial charge in [0.2, 0.25) is 0 Å². The Balaban J connectivity index is 1.93. The Hall–Kier alpha value is -2.98. The van der Waals surface area contributed by atoms with Crippen molar-refractivity contribution in [1.82, 2.24) is 0 Å². The molecule has 0 fully saturated rings. The first-order chi connectivity index (χ1) is 17.8. The largest absolute Gasteiger partial charge is 0.491 e. The zero-order valence-corrected chi connectivity index (χ0v) is 24.2. The van der Waals surface area contributed by atoms with E-state index in [4.69, 9.17) is 4.74 Å². The average molecular weight is 519 g/mol. The Morgan fingerprint density at radius 2 is 1.53 bits per heavy atom. The summed E-state index contributed by atoms with van der Waals surface area (Å²) in [4.78, 5) is 11.4. The molecule has 3 aromatic carbocycles. The van der Waals surface area contributed by atoms with E-state index in [2.05, 4.69) is 58.0 Å². The van der Waals surface area contributed by atoms with E-state index in [1.807, 2.05) is 32.9 Å². The Bertz CT molecular complexity index is 1280. The van der Waals surface area contributed by atoms with Crippen molar-refractivity contribution in [3.05, 3.63) is 88.2 Å². The van der Waals surface area contributed by atoms with Crippen molar-refractivity contribution >= 4 is 5.78 Å². The van der Waals surface area contributed by atoms with Crippen LogP contribution in [0.5, 0.6) is 5.75 Å². The van der Waals surface area contributed by atoms with Gasteiger partial charge >= 0.3 is 0 Å². The number of ether oxygens (including phenoxy) is 1. The molecule has 0 bridgehead atoms. The number of benzene rings is 3. The van der Waals surface area contributed by atoms with Crippen LogP contribution in [-0.2, 0) is 16.6 Å². The molecule has 3 rings (SSSR count). The highest BCUT2D eigenvalue weighted by molar-refractivity contribution is 5.78. The summed E-state index contributed by atoms with van der Waals surface area (Å²) < 4.78 is 20.7. The fourth-order valence-electron chi connectivity index (χ4n) is 5.17. The van der Waals surface area contributed by atoms with Gasteiger partial charge in [-0.15, -0.1) is 0 Å². The maximum absolute atomic E-state index is 14.7. The van der Waals surface area contributed by atoms with Crippen molar-refractivity contribution in [2.45, 2.75) is 86.2 Å². The number of carbonyl (C=O) groups excluding carboxylic acids is 1. The van der Waals surface area contributed by atoms with Crippen LogP contribution in [0, 0.1) is 25.1 Å². The van der Waals surface area contributed by atoms with Crippen LogP contribution in [0.3, 0.4) is 0 Å². The highest BCUT2D eigenvalue weighted by Crippen LogP contribution is 2.42. The Morgan fingerprint density at radius 1 is 0.921 bits per heavy atom. The number of aliphatic hydroxyl groups is 1. The van der Waals surface area contributed by atoms with Gasteiger partial charge in [0.1, 0.15) is 24.0 Å². The van der Waals surface area contributed by atoms with E-state index in [1.165, 1.54) is 24.1 Å². The molecular weight excluding hydrogens is 475 g/mol. The lowest BCUT2D eigenvalue weighted by Gasteiger charge is -2.34. The van der Waals surface area contributed by atoms with Crippen LogP contribution in [0.4, 0.5) is 4.39 Å². The van der Waals surface area contributed by atoms with Gasteiger partial charge in [-0.2, -0.15) is 0 Å². The Kier molecular flexibility index (Phi) is 9.20. The Labute approximate surface area is 228 Å². The number of halogens is 1. The Morgan fingerprint density at radius 3 is 2.03 bits per heavy atom. The van der Waals surface area contributed by atoms with Crippen LogP contribution in [0.2, 0.25) is 0 Å². The van der Waals surface area contributed by atoms with Crippen LogP contribution < -0.4 is 4.74 Å². The van der Waals surface area contributed by atoms with Crippen LogP contribution in [0.15, 0.2) is 54.6 Å². The summed E-state index contributed by atoms with van der Waals surface area (Å²) in [6.07, 6.45) is 1.42. The molecule has 0 saturated carbocycles. The predicted molar refractivity (Wildman–Crippen MR) is 154 cm³/mol. The second-order valence-corrected chi connectivity index (χ2v) is 11.7. The summed E-state index contributed by atoms with van der Waals surface area (Å²) in [6, 6.07) is 18.0. The fraction of sp³-hybridized carbons (Fsp3) is 0.441. The van der Waals surface area contributed by atoms with E-state index in [0.29, 0.717) is 5.56 Å². The first-order valence-corrected chi connectivity index (χ1v) is 13.6. The molecule has 1 N–H and O–H groups in total. The summed E-state index contributed by atoms with van der Waals surface area (Å²) in [5.74, 6) is 0.398. The number of aliphatic hydroxyl groups excluding tert-OH is 1. The van der Waals surface area contributed by atoms with E-state index >= 15 is 0 Å². The molecule has 0 aliphatic rings. The van der Waals surface area contributed by atoms with E-state index in [9.17, 15) is 14.3 Å². The summed E-state index contributed by atoms with van der Waals surface area (Å²) in [5, 5.41) is 10.4. The average Bonchev–Trinajstić information content (AvgIpc) is 2.85. The van der Waals surface area contributed by atoms with Crippen molar-refractivity contribution in [3.8, 4) is 16.9 Å². The van der Waals surface area contributed by atoms with Gasteiger partial charge in [0.15, 0.2) is 0 Å². The number of Topliss-reactive ketones (excluding diaryl/α,β-unsaturated/α-hetero) is 1. The third-order valence-corrected chi connectivity index (χ3v) is 7.91. The van der Waals surface area contributed by atoms with Crippen molar-refractivity contribution in [1.29, 1.82) is 0 Å². The molecule has 0 saturated heterocycles. The molecule has 0 aromatic heterocycles. The second kappa shape index (κ2) is 11.8. The molecule has 1 atom stereocenters. The quantitative estimate of drug-likeness (QED) is 0.295. The normalized spacial score (nSPS) is 12.9. The molecule has 3 nitrogen and oxygen atoms in total. The van der Waals surface area contributed by atoms with Gasteiger partial charge in [-0.05, 0) is 90.1 Å². The molecule has 38 heavy (non-hydrogen) atoms. The molecule has 0 aliphatic carbocycles. The standard InChI is InChI=1S/C34H43FO3/c1-9-34(10-2,28-14-16-31(23(4)18-28)38-21-32(37)33(6,7)8)27-13-15-29(22(3)17-27)25-11-12-26(19-24(5)36)30(35)20-25/h11-18,20,32,37H,9-10,19,21H2,1-8H3. The lowest BCUT2D eigenvalue weighted by molar-refractivity contribution is -0.116. The van der Waals surface area contributed by atoms with Crippen LogP contribution >= 0.6 is 0 Å². The maximum atomic E-state index is 14.7. The molecule has 0 radical (unpaired) electrons. The van der Waals surface area contributed by atoms with Crippen molar-refractivity contribution in [2.24, 2.45) is 5.41 Å². The van der Waals surface area contributed by atoms with E-state index < -0.39 is 6.10 Å². The number of hydrogen-bond donors (Lipinski definition) is 1. The fourth-order valence-corrected chi connectivity index (χ4v) is 5.17. The number of hydrogen-bond acceptors (Lipinski definition) is 3. The number of carbonyl (C=O) groups is 1. The van der Waals surface area contributed by atoms with E-state index in [1.54, 1.807) is 6.07 Å². The minimum Gasteiger partial charge on any atom is -0.491 e. The monoisotopic (exact) mass is 518 g/mol. The molecule has 4 heteroatoms. The molecule has 0 heterocycles. The molecule has 1 unspecified atom stereocenters. The van der Waals surface area contributed by atoms with Crippen LogP contribution in [-0.4, -0.2) is 23.6 Å². The zero-order valence-electron chi connectivity index (χ0n) is 24.2. The number of rotatable bonds is 10. The second-order valence-electron chi connectivity index (χ2n) is 11.7. The van der Waals surface area contributed by atoms with Gasteiger partial charge in [0, 0.05) is 11.8 Å². The van der Waals surface area contributed by atoms with Crippen LogP contribution in [0.25, 0.3) is 11.1 Å². The summed E-state index contributed by atoms with van der Waals surface area (Å²) in [6.45, 7) is 16.3. The van der Waals surface area contributed by atoms with Crippen molar-refractivity contribution in [3.63, 3.8) is 0 Å². The third kappa shape index (κ3) is 6.35. The molecule has 204 valence electrons. The lowest BCUT2D eigenvalue weighted by Crippen LogP contribution is -2.32. The first kappa shape index (κ1) is 29.6. The number of ketones is 1. The van der Waals surface area contributed by atoms with E-state index in [0.717, 1.165) is 40.8 Å². The van der Waals surface area contributed by atoms with Gasteiger partial charge in [-0.3, -0.25) is 4.79 Å². The highest BCUT2D eigenvalue weighted by Gasteiger charge is 2.32. The van der Waals surface area contributed by atoms with Gasteiger partial charge in [-0.1, -0.05) is 77.1 Å². The molecule has 0 aliphatic heterocycles. The summed E-state index contributed by atoms with van der Waals surface area (Å²) >= 11 is 0.